The van der Waals surface area contributed by atoms with E-state index in [1.165, 1.54) is 4.90 Å². The van der Waals surface area contributed by atoms with Crippen LogP contribution in [0.5, 0.6) is 11.6 Å². The number of benzene rings is 1. The Morgan fingerprint density at radius 3 is 2.56 bits per heavy atom. The lowest BCUT2D eigenvalue weighted by Gasteiger charge is -2.08. The number of anilines is 1. The van der Waals surface area contributed by atoms with Crippen molar-refractivity contribution < 1.29 is 4.74 Å². The Bertz CT molecular complexity index is 534. The SMILES string of the molecule is CCn1nc(C)c(N)c1Oc1ccc(SC)cc1. The summed E-state index contributed by atoms with van der Waals surface area (Å²) in [6, 6.07) is 7.92. The van der Waals surface area contributed by atoms with Gasteiger partial charge >= 0.3 is 0 Å². The molecule has 0 radical (unpaired) electrons. The maximum Gasteiger partial charge on any atom is 0.241 e. The smallest absolute Gasteiger partial charge is 0.241 e. The Labute approximate surface area is 111 Å². The van der Waals surface area contributed by atoms with Gasteiger partial charge in [-0.25, -0.2) is 4.68 Å². The van der Waals surface area contributed by atoms with E-state index in [0.717, 1.165) is 18.0 Å². The van der Waals surface area contributed by atoms with Gasteiger partial charge in [-0.15, -0.1) is 11.8 Å². The fourth-order valence-corrected chi connectivity index (χ4v) is 2.06. The molecule has 1 aromatic heterocycles. The Kier molecular flexibility index (Phi) is 3.81. The minimum Gasteiger partial charge on any atom is -0.437 e. The number of aryl methyl sites for hydroxylation is 2. The second-order valence-electron chi connectivity index (χ2n) is 3.90. The van der Waals surface area contributed by atoms with Gasteiger partial charge in [-0.3, -0.25) is 0 Å². The molecule has 0 amide bonds. The highest BCUT2D eigenvalue weighted by Gasteiger charge is 2.13. The molecule has 18 heavy (non-hydrogen) atoms. The monoisotopic (exact) mass is 263 g/mol. The van der Waals surface area contributed by atoms with E-state index < -0.39 is 0 Å². The molecule has 5 heteroatoms. The van der Waals surface area contributed by atoms with Crippen LogP contribution in [0.4, 0.5) is 5.69 Å². The molecular weight excluding hydrogens is 246 g/mol. The molecule has 0 unspecified atom stereocenters. The summed E-state index contributed by atoms with van der Waals surface area (Å²) in [4.78, 5) is 1.20. The van der Waals surface area contributed by atoms with E-state index in [1.54, 1.807) is 16.4 Å². The molecule has 0 saturated carbocycles. The summed E-state index contributed by atoms with van der Waals surface area (Å²) in [5.41, 5.74) is 7.37. The first-order valence-electron chi connectivity index (χ1n) is 5.80. The van der Waals surface area contributed by atoms with Crippen molar-refractivity contribution in [1.82, 2.24) is 9.78 Å². The lowest BCUT2D eigenvalue weighted by molar-refractivity contribution is 0.418. The minimum atomic E-state index is 0.603. The van der Waals surface area contributed by atoms with Crippen LogP contribution in [-0.2, 0) is 6.54 Å². The van der Waals surface area contributed by atoms with Crippen molar-refractivity contribution in [3.63, 3.8) is 0 Å². The summed E-state index contributed by atoms with van der Waals surface area (Å²) in [6.45, 7) is 4.62. The molecule has 96 valence electrons. The normalized spacial score (nSPS) is 10.6. The lowest BCUT2D eigenvalue weighted by Crippen LogP contribution is -2.00. The maximum atomic E-state index is 5.97. The molecule has 0 spiro atoms. The van der Waals surface area contributed by atoms with E-state index in [2.05, 4.69) is 5.10 Å². The van der Waals surface area contributed by atoms with Gasteiger partial charge in [-0.2, -0.15) is 5.10 Å². The molecule has 1 heterocycles. The summed E-state index contributed by atoms with van der Waals surface area (Å²) in [5.74, 6) is 1.39. The quantitative estimate of drug-likeness (QED) is 0.860. The topological polar surface area (TPSA) is 53.1 Å². The molecule has 0 aliphatic rings. The lowest BCUT2D eigenvalue weighted by atomic mass is 10.3. The number of ether oxygens (including phenoxy) is 1. The number of aromatic nitrogens is 2. The van der Waals surface area contributed by atoms with Crippen LogP contribution in [0.25, 0.3) is 0 Å². The predicted molar refractivity (Wildman–Crippen MR) is 75.3 cm³/mol. The van der Waals surface area contributed by atoms with Crippen molar-refractivity contribution in [2.75, 3.05) is 12.0 Å². The highest BCUT2D eigenvalue weighted by molar-refractivity contribution is 7.98. The van der Waals surface area contributed by atoms with E-state index in [-0.39, 0.29) is 0 Å². The predicted octanol–water partition coefficient (Wildman–Crippen LogP) is 3.31. The van der Waals surface area contributed by atoms with Crippen LogP contribution in [-0.4, -0.2) is 16.0 Å². The molecule has 0 aliphatic carbocycles. The molecule has 0 fully saturated rings. The molecule has 1 aromatic carbocycles. The number of rotatable bonds is 4. The third kappa shape index (κ3) is 2.46. The van der Waals surface area contributed by atoms with Gasteiger partial charge in [0.05, 0.1) is 5.69 Å². The summed E-state index contributed by atoms with van der Waals surface area (Å²) in [7, 11) is 0. The van der Waals surface area contributed by atoms with Crippen LogP contribution in [0.1, 0.15) is 12.6 Å². The third-order valence-corrected chi connectivity index (χ3v) is 3.44. The molecule has 4 nitrogen and oxygen atoms in total. The first-order valence-corrected chi connectivity index (χ1v) is 7.03. The summed E-state index contributed by atoms with van der Waals surface area (Å²) >= 11 is 1.70. The summed E-state index contributed by atoms with van der Waals surface area (Å²) in [5, 5.41) is 4.32. The Balaban J connectivity index is 2.27. The molecule has 0 atom stereocenters. The number of thioether (sulfide) groups is 1. The van der Waals surface area contributed by atoms with Crippen molar-refractivity contribution in [1.29, 1.82) is 0 Å². The fraction of sp³-hybridized carbons (Fsp3) is 0.308. The third-order valence-electron chi connectivity index (χ3n) is 2.70. The van der Waals surface area contributed by atoms with Gasteiger partial charge < -0.3 is 10.5 Å². The molecule has 2 rings (SSSR count). The molecular formula is C13H17N3OS. The van der Waals surface area contributed by atoms with Crippen LogP contribution in [0.2, 0.25) is 0 Å². The number of nitrogen functional groups attached to an aromatic ring is 1. The van der Waals surface area contributed by atoms with Crippen LogP contribution in [0, 0.1) is 6.92 Å². The Morgan fingerprint density at radius 2 is 2.00 bits per heavy atom. The van der Waals surface area contributed by atoms with E-state index >= 15 is 0 Å². The van der Waals surface area contributed by atoms with E-state index in [9.17, 15) is 0 Å². The first kappa shape index (κ1) is 12.8. The van der Waals surface area contributed by atoms with Crippen molar-refractivity contribution in [3.8, 4) is 11.6 Å². The van der Waals surface area contributed by atoms with Gasteiger partial charge in [0.25, 0.3) is 0 Å². The van der Waals surface area contributed by atoms with Gasteiger partial charge in [-0.05, 0) is 44.4 Å². The molecule has 2 aromatic rings. The van der Waals surface area contributed by atoms with Crippen LogP contribution >= 0.6 is 11.8 Å². The summed E-state index contributed by atoms with van der Waals surface area (Å²) in [6.07, 6.45) is 2.05. The van der Waals surface area contributed by atoms with Crippen LogP contribution in [0.15, 0.2) is 29.2 Å². The number of hydrogen-bond donors (Lipinski definition) is 1. The van der Waals surface area contributed by atoms with E-state index in [4.69, 9.17) is 10.5 Å². The first-order chi connectivity index (χ1) is 8.65. The largest absolute Gasteiger partial charge is 0.437 e. The van der Waals surface area contributed by atoms with Crippen LogP contribution < -0.4 is 10.5 Å². The minimum absolute atomic E-state index is 0.603. The molecule has 0 saturated heterocycles. The van der Waals surface area contributed by atoms with Gasteiger partial charge in [-0.1, -0.05) is 0 Å². The maximum absolute atomic E-state index is 5.97. The number of hydrogen-bond acceptors (Lipinski definition) is 4. The molecule has 2 N–H and O–H groups in total. The Hall–Kier alpha value is -1.62. The standard InChI is InChI=1S/C13H17N3OS/c1-4-16-13(12(14)9(2)15-16)17-10-5-7-11(18-3)8-6-10/h5-8H,4,14H2,1-3H3. The van der Waals surface area contributed by atoms with Crippen molar-refractivity contribution >= 4 is 17.4 Å². The second-order valence-corrected chi connectivity index (χ2v) is 4.78. The van der Waals surface area contributed by atoms with Gasteiger partial charge in [0.2, 0.25) is 5.88 Å². The average Bonchev–Trinajstić information content (AvgIpc) is 2.67. The van der Waals surface area contributed by atoms with Crippen molar-refractivity contribution in [3.05, 3.63) is 30.0 Å². The van der Waals surface area contributed by atoms with Gasteiger partial charge in [0, 0.05) is 11.4 Å². The number of nitrogens with zero attached hydrogens (tertiary/aromatic N) is 2. The molecule has 0 aliphatic heterocycles. The average molecular weight is 263 g/mol. The number of nitrogens with two attached hydrogens (primary N) is 1. The highest BCUT2D eigenvalue weighted by Crippen LogP contribution is 2.30. The Morgan fingerprint density at radius 1 is 1.33 bits per heavy atom. The van der Waals surface area contributed by atoms with Crippen LogP contribution in [0.3, 0.4) is 0 Å². The zero-order chi connectivity index (χ0) is 13.1. The van der Waals surface area contributed by atoms with Crippen molar-refractivity contribution in [2.24, 2.45) is 0 Å². The second kappa shape index (κ2) is 5.35. The van der Waals surface area contributed by atoms with Gasteiger partial charge in [0.1, 0.15) is 11.4 Å². The zero-order valence-corrected chi connectivity index (χ0v) is 11.6. The highest BCUT2D eigenvalue weighted by atomic mass is 32.2. The van der Waals surface area contributed by atoms with E-state index in [0.29, 0.717) is 11.6 Å². The zero-order valence-electron chi connectivity index (χ0n) is 10.8. The fourth-order valence-electron chi connectivity index (χ4n) is 1.65. The van der Waals surface area contributed by atoms with Gasteiger partial charge in [0.15, 0.2) is 0 Å². The van der Waals surface area contributed by atoms with E-state index in [1.807, 2.05) is 44.4 Å². The summed E-state index contributed by atoms with van der Waals surface area (Å²) < 4.78 is 7.59. The molecule has 0 bridgehead atoms. The van der Waals surface area contributed by atoms with Crippen molar-refractivity contribution in [2.45, 2.75) is 25.3 Å².